The van der Waals surface area contributed by atoms with E-state index in [1.807, 2.05) is 31.2 Å². The number of anilines is 1. The molecule has 0 unspecified atom stereocenters. The van der Waals surface area contributed by atoms with Gasteiger partial charge in [-0.3, -0.25) is 9.59 Å². The molecule has 1 aliphatic carbocycles. The lowest BCUT2D eigenvalue weighted by atomic mass is 9.92. The van der Waals surface area contributed by atoms with Gasteiger partial charge in [-0.05, 0) is 56.9 Å². The van der Waals surface area contributed by atoms with E-state index in [2.05, 4.69) is 17.0 Å². The molecule has 0 atom stereocenters. The minimum atomic E-state index is -1.05. The maximum absolute atomic E-state index is 13.2. The number of carbonyl (C=O) groups excluding carboxylic acids is 1. The van der Waals surface area contributed by atoms with E-state index in [9.17, 15) is 14.7 Å². The Morgan fingerprint density at radius 2 is 2.07 bits per heavy atom. The van der Waals surface area contributed by atoms with Crippen LogP contribution in [0, 0.1) is 6.92 Å². The Morgan fingerprint density at radius 3 is 2.55 bits per heavy atom. The molecule has 1 aromatic carbocycles. The number of carboxylic acids is 1. The van der Waals surface area contributed by atoms with E-state index in [1.165, 1.54) is 6.42 Å². The number of Topliss-reactive ketones (excluding diaryl/α,β-unsaturated/α-hetero) is 1. The number of nitrogens with zero attached hydrogens (tertiary/aromatic N) is 2. The molecule has 0 aliphatic heterocycles. The smallest absolute Gasteiger partial charge is 0.307 e. The number of thioether (sulfide) groups is 1. The second-order valence-electron chi connectivity index (χ2n) is 7.06. The number of hydrogen-bond acceptors (Lipinski definition) is 6. The number of aryl methyl sites for hydroxylation is 1. The molecule has 29 heavy (non-hydrogen) atoms. The Kier molecular flexibility index (Phi) is 8.08. The Morgan fingerprint density at radius 1 is 1.38 bits per heavy atom. The number of nitrogens with one attached hydrogen (secondary N) is 1. The molecule has 0 radical (unpaired) electrons. The summed E-state index contributed by atoms with van der Waals surface area (Å²) in [4.78, 5) is 31.7. The molecule has 0 saturated heterocycles. The molecule has 1 fully saturated rings. The first-order valence-corrected chi connectivity index (χ1v) is 10.8. The highest BCUT2D eigenvalue weighted by Gasteiger charge is 2.24. The second kappa shape index (κ2) is 10.3. The van der Waals surface area contributed by atoms with Gasteiger partial charge < -0.3 is 15.3 Å². The van der Waals surface area contributed by atoms with Crippen LogP contribution in [0.5, 0.6) is 0 Å². The quantitative estimate of drug-likeness (QED) is 0.194. The third kappa shape index (κ3) is 5.29. The predicted molar refractivity (Wildman–Crippen MR) is 120 cm³/mol. The van der Waals surface area contributed by atoms with Crippen molar-refractivity contribution in [2.45, 2.75) is 43.5 Å². The Hall–Kier alpha value is -2.54. The molecule has 1 aromatic rings. The summed E-state index contributed by atoms with van der Waals surface area (Å²) in [6.07, 6.45) is 8.22. The predicted octanol–water partition coefficient (Wildman–Crippen LogP) is 4.37. The van der Waals surface area contributed by atoms with E-state index in [1.54, 1.807) is 37.0 Å². The molecule has 0 heterocycles. The zero-order valence-electron chi connectivity index (χ0n) is 17.5. The van der Waals surface area contributed by atoms with Crippen molar-refractivity contribution in [2.75, 3.05) is 25.7 Å². The molecule has 0 spiro atoms. The summed E-state index contributed by atoms with van der Waals surface area (Å²) in [5, 5.41) is 12.4. The largest absolute Gasteiger partial charge is 0.481 e. The zero-order chi connectivity index (χ0) is 21.6. The fourth-order valence-corrected chi connectivity index (χ4v) is 4.16. The van der Waals surface area contributed by atoms with Crippen LogP contribution in [-0.2, 0) is 4.79 Å². The van der Waals surface area contributed by atoms with Crippen molar-refractivity contribution in [3.63, 3.8) is 0 Å². The summed E-state index contributed by atoms with van der Waals surface area (Å²) in [6, 6.07) is 4.04. The number of carboxylic acid groups (broad SMARTS) is 1. The van der Waals surface area contributed by atoms with E-state index >= 15 is 0 Å². The Balaban J connectivity index is 2.45. The number of benzene rings is 1. The highest BCUT2D eigenvalue weighted by atomic mass is 32.2. The van der Waals surface area contributed by atoms with Gasteiger partial charge in [0.05, 0.1) is 12.1 Å². The molecule has 1 aliphatic rings. The molecule has 2 rings (SSSR count). The van der Waals surface area contributed by atoms with Gasteiger partial charge in [0.1, 0.15) is 5.82 Å². The van der Waals surface area contributed by atoms with Gasteiger partial charge in [0.2, 0.25) is 0 Å². The van der Waals surface area contributed by atoms with Crippen LogP contribution in [0.3, 0.4) is 0 Å². The van der Waals surface area contributed by atoms with Gasteiger partial charge in [-0.15, -0.1) is 11.8 Å². The lowest BCUT2D eigenvalue weighted by Gasteiger charge is -2.36. The number of aliphatic imine (C=N–C) groups is 1. The van der Waals surface area contributed by atoms with Crippen LogP contribution >= 0.6 is 11.8 Å². The zero-order valence-corrected chi connectivity index (χ0v) is 18.3. The van der Waals surface area contributed by atoms with Gasteiger partial charge in [0.25, 0.3) is 0 Å². The summed E-state index contributed by atoms with van der Waals surface area (Å²) < 4.78 is 0. The van der Waals surface area contributed by atoms with Crippen LogP contribution in [0.25, 0.3) is 0 Å². The number of rotatable bonds is 10. The molecule has 7 heteroatoms. The summed E-state index contributed by atoms with van der Waals surface area (Å²) in [5.41, 5.74) is 2.44. The van der Waals surface area contributed by atoms with Crippen molar-refractivity contribution in [2.24, 2.45) is 4.99 Å². The fourth-order valence-electron chi connectivity index (χ4n) is 3.36. The van der Waals surface area contributed by atoms with Gasteiger partial charge >= 0.3 is 5.97 Å². The molecule has 156 valence electrons. The number of carbonyl (C=O) groups is 2. The first kappa shape index (κ1) is 22.7. The SMILES string of the molecule is C=N/C(=C\C=C(/CC(=O)O)C(=O)c1ccc(C)c(SC)c1NC)N(C)C1CCC1. The van der Waals surface area contributed by atoms with Crippen LogP contribution in [0.1, 0.15) is 41.6 Å². The lowest BCUT2D eigenvalue weighted by molar-refractivity contribution is -0.136. The van der Waals surface area contributed by atoms with Crippen LogP contribution in [0.4, 0.5) is 5.69 Å². The van der Waals surface area contributed by atoms with Gasteiger partial charge in [-0.2, -0.15) is 0 Å². The first-order valence-electron chi connectivity index (χ1n) is 9.56. The number of aliphatic carboxylic acids is 1. The molecule has 2 N–H and O–H groups in total. The van der Waals surface area contributed by atoms with Gasteiger partial charge in [0.15, 0.2) is 5.78 Å². The fraction of sp³-hybridized carbons (Fsp3) is 0.409. The van der Waals surface area contributed by atoms with Gasteiger partial charge in [-0.1, -0.05) is 12.1 Å². The molecular weight excluding hydrogens is 386 g/mol. The average Bonchev–Trinajstić information content (AvgIpc) is 2.64. The monoisotopic (exact) mass is 415 g/mol. The van der Waals surface area contributed by atoms with Crippen molar-refractivity contribution >= 4 is 35.9 Å². The molecule has 6 nitrogen and oxygen atoms in total. The normalized spacial score (nSPS) is 14.9. The van der Waals surface area contributed by atoms with Gasteiger partial charge in [-0.25, -0.2) is 4.99 Å². The minimum Gasteiger partial charge on any atom is -0.481 e. The van der Waals surface area contributed by atoms with E-state index in [-0.39, 0.29) is 17.8 Å². The van der Waals surface area contributed by atoms with Crippen LogP contribution in [0.15, 0.2) is 45.6 Å². The topological polar surface area (TPSA) is 82.0 Å². The van der Waals surface area contributed by atoms with Crippen molar-refractivity contribution < 1.29 is 14.7 Å². The molecule has 0 bridgehead atoms. The van der Waals surface area contributed by atoms with E-state index < -0.39 is 5.97 Å². The van der Waals surface area contributed by atoms with Gasteiger partial charge in [0, 0.05) is 36.2 Å². The summed E-state index contributed by atoms with van der Waals surface area (Å²) in [5.74, 6) is -0.729. The van der Waals surface area contributed by atoms with E-state index in [0.29, 0.717) is 17.4 Å². The van der Waals surface area contributed by atoms with Crippen LogP contribution in [-0.4, -0.2) is 54.9 Å². The highest BCUT2D eigenvalue weighted by Crippen LogP contribution is 2.33. The Bertz CT molecular complexity index is 857. The number of ketones is 1. The maximum Gasteiger partial charge on any atom is 0.307 e. The van der Waals surface area contributed by atoms with Crippen LogP contribution in [0.2, 0.25) is 0 Å². The molecule has 0 aromatic heterocycles. The van der Waals surface area contributed by atoms with Crippen molar-refractivity contribution in [1.82, 2.24) is 4.90 Å². The Labute approximate surface area is 176 Å². The molecular formula is C22H29N3O3S. The summed E-state index contributed by atoms with van der Waals surface area (Å²) >= 11 is 1.55. The number of allylic oxidation sites excluding steroid dienone is 2. The van der Waals surface area contributed by atoms with Crippen LogP contribution < -0.4 is 5.32 Å². The third-order valence-electron chi connectivity index (χ3n) is 5.27. The highest BCUT2D eigenvalue weighted by molar-refractivity contribution is 7.98. The third-order valence-corrected chi connectivity index (χ3v) is 6.20. The number of hydrogen-bond donors (Lipinski definition) is 2. The maximum atomic E-state index is 13.2. The summed E-state index contributed by atoms with van der Waals surface area (Å²) in [6.45, 7) is 5.60. The van der Waals surface area contributed by atoms with E-state index in [0.717, 1.165) is 29.0 Å². The summed E-state index contributed by atoms with van der Waals surface area (Å²) in [7, 11) is 3.71. The minimum absolute atomic E-state index is 0.202. The standard InChI is InChI=1S/C22H29N3O3S/c1-14-9-11-17(20(24-3)22(14)29-5)21(28)15(13-19(26)27)10-12-18(23-2)25(4)16-7-6-8-16/h9-12,16,24H,2,6-8,13H2,1,3-5H3,(H,26,27)/b15-10+,18-12+. The average molecular weight is 416 g/mol. The second-order valence-corrected chi connectivity index (χ2v) is 7.87. The van der Waals surface area contributed by atoms with E-state index in [4.69, 9.17) is 0 Å². The molecule has 1 saturated carbocycles. The van der Waals surface area contributed by atoms with Crippen molar-refractivity contribution in [1.29, 1.82) is 0 Å². The lowest BCUT2D eigenvalue weighted by Crippen LogP contribution is -2.35. The van der Waals surface area contributed by atoms with Crippen molar-refractivity contribution in [3.8, 4) is 0 Å². The molecule has 0 amide bonds. The first-order chi connectivity index (χ1) is 13.8. The van der Waals surface area contributed by atoms with Crippen molar-refractivity contribution in [3.05, 3.63) is 46.8 Å².